The summed E-state index contributed by atoms with van der Waals surface area (Å²) in [6, 6.07) is 11.4. The van der Waals surface area contributed by atoms with Crippen molar-refractivity contribution in [3.05, 3.63) is 30.3 Å². The van der Waals surface area contributed by atoms with Crippen LogP contribution in [0, 0.1) is 5.92 Å². The molecule has 0 spiro atoms. The van der Waals surface area contributed by atoms with Crippen LogP contribution in [-0.2, 0) is 0 Å². The van der Waals surface area contributed by atoms with E-state index >= 15 is 0 Å². The molecule has 2 nitrogen and oxygen atoms in total. The molecule has 0 saturated carbocycles. The third-order valence-corrected chi connectivity index (χ3v) is 5.06. The third-order valence-electron chi connectivity index (χ3n) is 4.06. The Hall–Kier alpha value is -0.510. The smallest absolute Gasteiger partial charge is 0.0252 e. The average Bonchev–Trinajstić information content (AvgIpc) is 2.42. The summed E-state index contributed by atoms with van der Waals surface area (Å²) in [5.41, 5.74) is 0.241. The van der Waals surface area contributed by atoms with E-state index in [1.54, 1.807) is 0 Å². The molecule has 0 aliphatic carbocycles. The molecule has 21 heavy (non-hydrogen) atoms. The standard InChI is InChI=1S/C18H30N2S/c1-15(2)12-16-13-19-18(3,4)14-20(16)10-11-21-17-8-6-5-7-9-17/h5-9,15-16,19H,10-14H2,1-4H3. The second kappa shape index (κ2) is 7.66. The first-order valence-corrected chi connectivity index (χ1v) is 9.12. The Balaban J connectivity index is 1.87. The van der Waals surface area contributed by atoms with Gasteiger partial charge < -0.3 is 5.32 Å². The van der Waals surface area contributed by atoms with E-state index in [0.717, 1.165) is 19.0 Å². The van der Waals surface area contributed by atoms with Crippen LogP contribution < -0.4 is 5.32 Å². The zero-order valence-corrected chi connectivity index (χ0v) is 14.7. The molecule has 0 amide bonds. The van der Waals surface area contributed by atoms with E-state index < -0.39 is 0 Å². The first-order chi connectivity index (χ1) is 9.96. The van der Waals surface area contributed by atoms with Crippen LogP contribution in [0.2, 0.25) is 0 Å². The lowest BCUT2D eigenvalue weighted by atomic mass is 9.94. The molecule has 0 aromatic heterocycles. The van der Waals surface area contributed by atoms with Gasteiger partial charge in [-0.3, -0.25) is 4.90 Å². The molecule has 1 aromatic carbocycles. The predicted molar refractivity (Wildman–Crippen MR) is 94.1 cm³/mol. The van der Waals surface area contributed by atoms with Gasteiger partial charge in [-0.25, -0.2) is 0 Å². The van der Waals surface area contributed by atoms with E-state index in [1.165, 1.54) is 23.6 Å². The van der Waals surface area contributed by atoms with E-state index in [4.69, 9.17) is 0 Å². The van der Waals surface area contributed by atoms with Crippen LogP contribution in [0.4, 0.5) is 0 Å². The fourth-order valence-corrected chi connectivity index (χ4v) is 3.96. The van der Waals surface area contributed by atoms with Crippen molar-refractivity contribution in [3.8, 4) is 0 Å². The SMILES string of the molecule is CC(C)CC1CNC(C)(C)CN1CCSc1ccccc1. The molecule has 0 bridgehead atoms. The minimum atomic E-state index is 0.241. The molecule has 3 heteroatoms. The van der Waals surface area contributed by atoms with Crippen LogP contribution in [0.25, 0.3) is 0 Å². The Kier molecular flexibility index (Phi) is 6.15. The van der Waals surface area contributed by atoms with Gasteiger partial charge in [-0.2, -0.15) is 0 Å². The van der Waals surface area contributed by atoms with Gasteiger partial charge in [0.05, 0.1) is 0 Å². The lowest BCUT2D eigenvalue weighted by molar-refractivity contribution is 0.0892. The molecule has 1 N–H and O–H groups in total. The van der Waals surface area contributed by atoms with Gasteiger partial charge in [0.1, 0.15) is 0 Å². The number of hydrogen-bond donors (Lipinski definition) is 1. The van der Waals surface area contributed by atoms with Crippen molar-refractivity contribution in [2.45, 2.75) is 50.6 Å². The number of hydrogen-bond acceptors (Lipinski definition) is 3. The number of piperazine rings is 1. The lowest BCUT2D eigenvalue weighted by Crippen LogP contribution is -2.62. The molecule has 1 saturated heterocycles. The Morgan fingerprint density at radius 3 is 2.67 bits per heavy atom. The monoisotopic (exact) mass is 306 g/mol. The minimum Gasteiger partial charge on any atom is -0.309 e. The van der Waals surface area contributed by atoms with Gasteiger partial charge >= 0.3 is 0 Å². The Labute approximate surface area is 134 Å². The van der Waals surface area contributed by atoms with Crippen molar-refractivity contribution in [2.24, 2.45) is 5.92 Å². The summed E-state index contributed by atoms with van der Waals surface area (Å²) in [5, 5.41) is 3.70. The molecule has 2 rings (SSSR count). The first kappa shape index (κ1) is 16.9. The summed E-state index contributed by atoms with van der Waals surface area (Å²) >= 11 is 1.97. The second-order valence-corrected chi connectivity index (χ2v) is 8.35. The van der Waals surface area contributed by atoms with Gasteiger partial charge in [0.15, 0.2) is 0 Å². The van der Waals surface area contributed by atoms with Crippen LogP contribution in [0.3, 0.4) is 0 Å². The molecule has 1 aromatic rings. The maximum absolute atomic E-state index is 3.70. The van der Waals surface area contributed by atoms with Crippen molar-refractivity contribution < 1.29 is 0 Å². The van der Waals surface area contributed by atoms with Gasteiger partial charge in [-0.1, -0.05) is 32.0 Å². The van der Waals surface area contributed by atoms with Gasteiger partial charge in [0, 0.05) is 41.9 Å². The van der Waals surface area contributed by atoms with Crippen LogP contribution in [0.1, 0.15) is 34.1 Å². The summed E-state index contributed by atoms with van der Waals surface area (Å²) in [6.45, 7) is 12.8. The molecule has 118 valence electrons. The van der Waals surface area contributed by atoms with Crippen LogP contribution >= 0.6 is 11.8 Å². The predicted octanol–water partition coefficient (Wildman–Crippen LogP) is 3.88. The maximum atomic E-state index is 3.70. The van der Waals surface area contributed by atoms with Crippen LogP contribution in [0.15, 0.2) is 35.2 Å². The molecular weight excluding hydrogens is 276 g/mol. The second-order valence-electron chi connectivity index (χ2n) is 7.18. The van der Waals surface area contributed by atoms with Crippen LogP contribution in [0.5, 0.6) is 0 Å². The zero-order chi connectivity index (χ0) is 15.3. The maximum Gasteiger partial charge on any atom is 0.0252 e. The summed E-state index contributed by atoms with van der Waals surface area (Å²) in [6.07, 6.45) is 1.29. The van der Waals surface area contributed by atoms with Crippen molar-refractivity contribution >= 4 is 11.8 Å². The van der Waals surface area contributed by atoms with Crippen molar-refractivity contribution in [3.63, 3.8) is 0 Å². The summed E-state index contributed by atoms with van der Waals surface area (Å²) in [5.74, 6) is 1.94. The topological polar surface area (TPSA) is 15.3 Å². The number of nitrogens with one attached hydrogen (secondary N) is 1. The van der Waals surface area contributed by atoms with Crippen molar-refractivity contribution in [1.82, 2.24) is 10.2 Å². The largest absolute Gasteiger partial charge is 0.309 e. The highest BCUT2D eigenvalue weighted by atomic mass is 32.2. The van der Waals surface area contributed by atoms with Crippen LogP contribution in [-0.4, -0.2) is 41.9 Å². The Bertz CT molecular complexity index is 416. The van der Waals surface area contributed by atoms with Gasteiger partial charge in [0.2, 0.25) is 0 Å². The molecular formula is C18H30N2S. The molecule has 0 radical (unpaired) electrons. The van der Waals surface area contributed by atoms with E-state index in [9.17, 15) is 0 Å². The molecule has 1 aliphatic heterocycles. The number of benzene rings is 1. The molecule has 1 atom stereocenters. The fraction of sp³-hybridized carbons (Fsp3) is 0.667. The molecule has 1 heterocycles. The number of rotatable bonds is 6. The Morgan fingerprint density at radius 2 is 2.00 bits per heavy atom. The highest BCUT2D eigenvalue weighted by Gasteiger charge is 2.32. The number of thioether (sulfide) groups is 1. The van der Waals surface area contributed by atoms with Gasteiger partial charge in [-0.05, 0) is 38.3 Å². The highest BCUT2D eigenvalue weighted by Crippen LogP contribution is 2.22. The fourth-order valence-electron chi connectivity index (χ4n) is 3.05. The Morgan fingerprint density at radius 1 is 1.29 bits per heavy atom. The molecule has 1 aliphatic rings. The quantitative estimate of drug-likeness (QED) is 0.803. The first-order valence-electron chi connectivity index (χ1n) is 8.13. The average molecular weight is 307 g/mol. The summed E-state index contributed by atoms with van der Waals surface area (Å²) in [4.78, 5) is 4.08. The van der Waals surface area contributed by atoms with Gasteiger partial charge in [0.25, 0.3) is 0 Å². The van der Waals surface area contributed by atoms with Crippen molar-refractivity contribution in [1.29, 1.82) is 0 Å². The summed E-state index contributed by atoms with van der Waals surface area (Å²) < 4.78 is 0. The summed E-state index contributed by atoms with van der Waals surface area (Å²) in [7, 11) is 0. The van der Waals surface area contributed by atoms with E-state index in [2.05, 4.69) is 68.2 Å². The molecule has 1 unspecified atom stereocenters. The normalized spacial score (nSPS) is 22.6. The minimum absolute atomic E-state index is 0.241. The van der Waals surface area contributed by atoms with E-state index in [1.807, 2.05) is 11.8 Å². The molecule has 1 fully saturated rings. The van der Waals surface area contributed by atoms with E-state index in [0.29, 0.717) is 6.04 Å². The number of nitrogens with zero attached hydrogens (tertiary/aromatic N) is 1. The zero-order valence-electron chi connectivity index (χ0n) is 13.9. The third kappa shape index (κ3) is 5.65. The van der Waals surface area contributed by atoms with Crippen molar-refractivity contribution in [2.75, 3.05) is 25.4 Å². The lowest BCUT2D eigenvalue weighted by Gasteiger charge is -2.45. The van der Waals surface area contributed by atoms with Gasteiger partial charge in [-0.15, -0.1) is 11.8 Å². The van der Waals surface area contributed by atoms with E-state index in [-0.39, 0.29) is 5.54 Å². The highest BCUT2D eigenvalue weighted by molar-refractivity contribution is 7.99.